The quantitative estimate of drug-likeness (QED) is 0.826. The van der Waals surface area contributed by atoms with Crippen molar-refractivity contribution >= 4 is 0 Å². The van der Waals surface area contributed by atoms with Crippen molar-refractivity contribution in [1.29, 1.82) is 0 Å². The second kappa shape index (κ2) is 5.83. The number of rotatable bonds is 5. The average Bonchev–Trinajstić information content (AvgIpc) is 3.21. The lowest BCUT2D eigenvalue weighted by Crippen LogP contribution is -2.42. The molecule has 2 fully saturated rings. The van der Waals surface area contributed by atoms with Gasteiger partial charge in [-0.3, -0.25) is 0 Å². The first-order chi connectivity index (χ1) is 8.93. The molecule has 3 heteroatoms. The third kappa shape index (κ3) is 3.10. The van der Waals surface area contributed by atoms with Gasteiger partial charge < -0.3 is 15.4 Å². The van der Waals surface area contributed by atoms with Crippen LogP contribution in [0.2, 0.25) is 0 Å². The van der Waals surface area contributed by atoms with Gasteiger partial charge in [0.05, 0.1) is 13.2 Å². The fourth-order valence-corrected chi connectivity index (χ4v) is 2.74. The molecule has 1 aliphatic carbocycles. The van der Waals surface area contributed by atoms with Crippen LogP contribution in [0, 0.1) is 0 Å². The minimum absolute atomic E-state index is 0.542. The first kappa shape index (κ1) is 12.2. The first-order valence-corrected chi connectivity index (χ1v) is 7.03. The van der Waals surface area contributed by atoms with E-state index in [9.17, 15) is 0 Å². The maximum atomic E-state index is 5.46. The van der Waals surface area contributed by atoms with Gasteiger partial charge in [-0.1, -0.05) is 30.3 Å². The average molecular weight is 246 g/mol. The van der Waals surface area contributed by atoms with Crippen molar-refractivity contribution in [3.8, 4) is 0 Å². The van der Waals surface area contributed by atoms with Crippen LogP contribution < -0.4 is 10.6 Å². The van der Waals surface area contributed by atoms with Crippen LogP contribution in [0.5, 0.6) is 0 Å². The Morgan fingerprint density at radius 1 is 1.28 bits per heavy atom. The van der Waals surface area contributed by atoms with Gasteiger partial charge in [-0.2, -0.15) is 0 Å². The maximum Gasteiger partial charge on any atom is 0.0620 e. The summed E-state index contributed by atoms with van der Waals surface area (Å²) in [5.74, 6) is 0.738. The Morgan fingerprint density at radius 3 is 2.94 bits per heavy atom. The summed E-state index contributed by atoms with van der Waals surface area (Å²) in [5.41, 5.74) is 1.48. The third-order valence-electron chi connectivity index (χ3n) is 3.92. The molecule has 3 unspecified atom stereocenters. The van der Waals surface area contributed by atoms with E-state index in [1.54, 1.807) is 0 Å². The largest absolute Gasteiger partial charge is 0.379 e. The van der Waals surface area contributed by atoms with Gasteiger partial charge in [-0.25, -0.2) is 0 Å². The van der Waals surface area contributed by atoms with E-state index in [0.717, 1.165) is 38.6 Å². The van der Waals surface area contributed by atoms with Crippen LogP contribution in [0.4, 0.5) is 0 Å². The summed E-state index contributed by atoms with van der Waals surface area (Å²) in [6.07, 6.45) is 2.45. The third-order valence-corrected chi connectivity index (χ3v) is 3.92. The first-order valence-electron chi connectivity index (χ1n) is 7.03. The fraction of sp³-hybridized carbons (Fsp3) is 0.600. The van der Waals surface area contributed by atoms with E-state index in [4.69, 9.17) is 4.74 Å². The lowest BCUT2D eigenvalue weighted by atomic mass is 10.1. The van der Waals surface area contributed by atoms with Gasteiger partial charge in [0.1, 0.15) is 0 Å². The zero-order chi connectivity index (χ0) is 12.2. The van der Waals surface area contributed by atoms with Crippen molar-refractivity contribution in [3.05, 3.63) is 35.9 Å². The smallest absolute Gasteiger partial charge is 0.0620 e. The summed E-state index contributed by atoms with van der Waals surface area (Å²) < 4.78 is 5.46. The molecule has 1 aromatic rings. The Bertz CT molecular complexity index is 362. The summed E-state index contributed by atoms with van der Waals surface area (Å²) in [4.78, 5) is 0. The number of ether oxygens (including phenoxy) is 1. The Kier molecular flexibility index (Phi) is 3.93. The summed E-state index contributed by atoms with van der Waals surface area (Å²) in [7, 11) is 0. The molecule has 2 N–H and O–H groups in total. The molecule has 0 amide bonds. The minimum Gasteiger partial charge on any atom is -0.379 e. The molecule has 1 saturated heterocycles. The summed E-state index contributed by atoms with van der Waals surface area (Å²) in [5, 5.41) is 7.15. The second-order valence-electron chi connectivity index (χ2n) is 5.33. The molecule has 0 radical (unpaired) electrons. The van der Waals surface area contributed by atoms with Crippen LogP contribution in [0.15, 0.2) is 30.3 Å². The second-order valence-corrected chi connectivity index (χ2v) is 5.33. The summed E-state index contributed by atoms with van der Waals surface area (Å²) >= 11 is 0. The van der Waals surface area contributed by atoms with Gasteiger partial charge in [0.15, 0.2) is 0 Å². The highest BCUT2D eigenvalue weighted by Crippen LogP contribution is 2.40. The van der Waals surface area contributed by atoms with Gasteiger partial charge in [0.2, 0.25) is 0 Å². The Labute approximate surface area is 109 Å². The lowest BCUT2D eigenvalue weighted by Gasteiger charge is -2.23. The van der Waals surface area contributed by atoms with Crippen molar-refractivity contribution in [1.82, 2.24) is 10.6 Å². The van der Waals surface area contributed by atoms with Gasteiger partial charge in [0, 0.05) is 24.5 Å². The number of hydrogen-bond donors (Lipinski definition) is 2. The van der Waals surface area contributed by atoms with Crippen LogP contribution in [0.25, 0.3) is 0 Å². The zero-order valence-corrected chi connectivity index (χ0v) is 10.8. The molecule has 98 valence electrons. The molecule has 18 heavy (non-hydrogen) atoms. The monoisotopic (exact) mass is 246 g/mol. The van der Waals surface area contributed by atoms with Gasteiger partial charge >= 0.3 is 0 Å². The van der Waals surface area contributed by atoms with Crippen LogP contribution in [-0.4, -0.2) is 38.4 Å². The molecule has 1 saturated carbocycles. The van der Waals surface area contributed by atoms with Crippen LogP contribution in [0.1, 0.15) is 24.3 Å². The van der Waals surface area contributed by atoms with E-state index in [2.05, 4.69) is 41.0 Å². The van der Waals surface area contributed by atoms with E-state index < -0.39 is 0 Å². The van der Waals surface area contributed by atoms with E-state index in [1.165, 1.54) is 12.0 Å². The molecular formula is C15H22N2O. The highest BCUT2D eigenvalue weighted by atomic mass is 16.5. The van der Waals surface area contributed by atoms with Crippen molar-refractivity contribution in [3.63, 3.8) is 0 Å². The summed E-state index contributed by atoms with van der Waals surface area (Å²) in [6.45, 7) is 3.83. The number of hydrogen-bond acceptors (Lipinski definition) is 3. The molecule has 3 atom stereocenters. The van der Waals surface area contributed by atoms with Gasteiger partial charge in [-0.15, -0.1) is 0 Å². The minimum atomic E-state index is 0.542. The van der Waals surface area contributed by atoms with E-state index in [-0.39, 0.29) is 0 Å². The van der Waals surface area contributed by atoms with Gasteiger partial charge in [0.25, 0.3) is 0 Å². The van der Waals surface area contributed by atoms with Crippen molar-refractivity contribution < 1.29 is 4.74 Å². The van der Waals surface area contributed by atoms with Crippen molar-refractivity contribution in [2.75, 3.05) is 26.3 Å². The molecule has 0 aromatic heterocycles. The van der Waals surface area contributed by atoms with Crippen LogP contribution in [0.3, 0.4) is 0 Å². The standard InChI is InChI=1S/C15H22N2O/c1-2-4-12(5-3-1)14-10-15(14)17-7-6-13-11-18-9-8-16-13/h1-5,13-17H,6-11H2. The number of benzene rings is 1. The topological polar surface area (TPSA) is 33.3 Å². The molecule has 1 aliphatic heterocycles. The van der Waals surface area contributed by atoms with E-state index in [0.29, 0.717) is 12.1 Å². The van der Waals surface area contributed by atoms with E-state index in [1.807, 2.05) is 0 Å². The highest BCUT2D eigenvalue weighted by Gasteiger charge is 2.37. The number of morpholine rings is 1. The van der Waals surface area contributed by atoms with Crippen LogP contribution in [-0.2, 0) is 4.74 Å². The molecule has 0 spiro atoms. The maximum absolute atomic E-state index is 5.46. The predicted octanol–water partition coefficient (Wildman–Crippen LogP) is 1.51. The lowest BCUT2D eigenvalue weighted by molar-refractivity contribution is 0.0742. The predicted molar refractivity (Wildman–Crippen MR) is 72.8 cm³/mol. The molecule has 0 bridgehead atoms. The SMILES string of the molecule is c1ccc(C2CC2NCCC2COCCN2)cc1. The molecule has 3 nitrogen and oxygen atoms in total. The van der Waals surface area contributed by atoms with Crippen LogP contribution >= 0.6 is 0 Å². The molecular weight excluding hydrogens is 224 g/mol. The zero-order valence-electron chi connectivity index (χ0n) is 10.8. The normalized spacial score (nSPS) is 31.2. The summed E-state index contributed by atoms with van der Waals surface area (Å²) in [6, 6.07) is 12.1. The van der Waals surface area contributed by atoms with Crippen molar-refractivity contribution in [2.24, 2.45) is 0 Å². The Morgan fingerprint density at radius 2 is 2.17 bits per heavy atom. The molecule has 1 heterocycles. The van der Waals surface area contributed by atoms with Crippen molar-refractivity contribution in [2.45, 2.75) is 30.8 Å². The molecule has 1 aromatic carbocycles. The van der Waals surface area contributed by atoms with E-state index >= 15 is 0 Å². The molecule has 2 aliphatic rings. The van der Waals surface area contributed by atoms with Gasteiger partial charge in [-0.05, 0) is 24.9 Å². The Hall–Kier alpha value is -0.900. The molecule has 3 rings (SSSR count). The number of nitrogens with one attached hydrogen (secondary N) is 2. The highest BCUT2D eigenvalue weighted by molar-refractivity contribution is 5.27. The Balaban J connectivity index is 1.36. The fourth-order valence-electron chi connectivity index (χ4n) is 2.74.